The summed E-state index contributed by atoms with van der Waals surface area (Å²) >= 11 is 0. The van der Waals surface area contributed by atoms with Gasteiger partial charge in [-0.05, 0) is 140 Å². The Labute approximate surface area is 374 Å². The predicted octanol–water partition coefficient (Wildman–Crippen LogP) is 14.3. The van der Waals surface area contributed by atoms with Crippen LogP contribution < -0.4 is 10.7 Å². The topological polar surface area (TPSA) is 34.6 Å². The number of fused-ring (bicyclic) bond motifs is 4. The fourth-order valence-corrected chi connectivity index (χ4v) is 9.88. The molecule has 4 nitrogen and oxygen atoms in total. The lowest BCUT2D eigenvalue weighted by Crippen LogP contribution is -2.21. The van der Waals surface area contributed by atoms with E-state index in [2.05, 4.69) is 128 Å². The van der Waals surface area contributed by atoms with Gasteiger partial charge in [0.1, 0.15) is 0 Å². The van der Waals surface area contributed by atoms with Crippen molar-refractivity contribution in [2.45, 2.75) is 106 Å². The molecule has 0 amide bonds. The first kappa shape index (κ1) is 43.4. The van der Waals surface area contributed by atoms with E-state index in [0.717, 1.165) is 75.3 Å². The highest BCUT2D eigenvalue weighted by Gasteiger charge is 2.32. The van der Waals surface area contributed by atoms with Gasteiger partial charge in [-0.3, -0.25) is 27.2 Å². The zero-order chi connectivity index (χ0) is 45.6. The first-order valence-corrected chi connectivity index (χ1v) is 22.7. The lowest BCUT2D eigenvalue weighted by atomic mass is 9.81. The molecule has 9 rings (SSSR count). The molecule has 0 saturated heterocycles. The number of nitrogens with zero attached hydrogens (tertiary/aromatic N) is 4. The second kappa shape index (κ2) is 16.0. The van der Waals surface area contributed by atoms with Crippen molar-refractivity contribution in [1.29, 1.82) is 0 Å². The zero-order valence-electron chi connectivity index (χ0n) is 38.5. The van der Waals surface area contributed by atoms with Gasteiger partial charge in [0.15, 0.2) is 0 Å². The van der Waals surface area contributed by atoms with Gasteiger partial charge in [-0.15, -0.1) is 0 Å². The monoisotopic (exact) mass is 856 g/mol. The molecule has 4 heterocycles. The SMILES string of the molecule is CCC1=Cc2c(-c3ccc(C(C)(C)C)cc3)c3cc4c(-c5ccc(CC)n5B(F)F)c5c(c(-c6ccc(C(C)(C)C)cc6)c4cc3c(-c3ccc(CC)n3B(F)F)c2=N1)C=C(CC)N=5. The molecule has 7 aromatic rings. The normalized spacial score (nSPS) is 13.5. The number of benzene rings is 5. The molecule has 0 bridgehead atoms. The van der Waals surface area contributed by atoms with Crippen LogP contribution in [0.2, 0.25) is 0 Å². The molecule has 5 aromatic carbocycles. The van der Waals surface area contributed by atoms with Crippen molar-refractivity contribution in [2.24, 2.45) is 9.98 Å². The summed E-state index contributed by atoms with van der Waals surface area (Å²) in [5.41, 5.74) is 12.4. The number of halogens is 4. The van der Waals surface area contributed by atoms with Crippen molar-refractivity contribution >= 4 is 48.5 Å². The van der Waals surface area contributed by atoms with Crippen LogP contribution in [-0.2, 0) is 23.7 Å². The Morgan fingerprint density at radius 3 is 1.09 bits per heavy atom. The maximum absolute atomic E-state index is 15.5. The quantitative estimate of drug-likeness (QED) is 0.0746. The van der Waals surface area contributed by atoms with Crippen molar-refractivity contribution in [3.05, 3.63) is 141 Å². The van der Waals surface area contributed by atoms with Gasteiger partial charge in [0.2, 0.25) is 0 Å². The second-order valence-electron chi connectivity index (χ2n) is 19.2. The number of hydrogen-bond donors (Lipinski definition) is 0. The van der Waals surface area contributed by atoms with Crippen LogP contribution in [0.4, 0.5) is 17.3 Å². The minimum atomic E-state index is -2.79. The predicted molar refractivity (Wildman–Crippen MR) is 261 cm³/mol. The van der Waals surface area contributed by atoms with Gasteiger partial charge >= 0.3 is 14.8 Å². The van der Waals surface area contributed by atoms with Crippen LogP contribution in [0.25, 0.3) is 78.5 Å². The van der Waals surface area contributed by atoms with Gasteiger partial charge in [-0.1, -0.05) is 118 Å². The fraction of sp³-hybridized carbons (Fsp3) is 0.296. The van der Waals surface area contributed by atoms with Crippen LogP contribution in [0.15, 0.2) is 106 Å². The lowest BCUT2D eigenvalue weighted by Gasteiger charge is -2.23. The first-order valence-electron chi connectivity index (χ1n) is 22.7. The third-order valence-electron chi connectivity index (χ3n) is 13.3. The molecule has 2 aliphatic heterocycles. The maximum Gasteiger partial charge on any atom is 0.677 e. The zero-order valence-corrected chi connectivity index (χ0v) is 38.5. The van der Waals surface area contributed by atoms with Crippen LogP contribution in [0.5, 0.6) is 0 Å². The molecule has 0 aliphatic carbocycles. The van der Waals surface area contributed by atoms with Gasteiger partial charge in [-0.25, -0.2) is 0 Å². The van der Waals surface area contributed by atoms with Crippen LogP contribution in [0, 0.1) is 0 Å². The summed E-state index contributed by atoms with van der Waals surface area (Å²) in [7, 11) is -5.59. The van der Waals surface area contributed by atoms with E-state index < -0.39 is 14.8 Å². The standard InChI is InChI=1S/C54H54B2F4N4/c1-11-35-27-43-47(31-15-19-33(20-16-31)53(5,6)7)39-29-42-40(30-41(39)49(51(43)61-35)45-25-23-37(13-3)63(45)55(57)58)48(32-17-21-34(22-18-32)54(8,9)10)44-28-36(12-2)62-52(44)50(42)46-26-24-38(14-4)64(46)56(59)60/h15-30H,11-14H2,1-10H3. The highest BCUT2D eigenvalue weighted by Crippen LogP contribution is 2.46. The minimum Gasteiger partial charge on any atom is -0.329 e. The summed E-state index contributed by atoms with van der Waals surface area (Å²) in [5.74, 6) is 0. The molecule has 2 aromatic heterocycles. The smallest absolute Gasteiger partial charge is 0.329 e. The Morgan fingerprint density at radius 2 is 0.797 bits per heavy atom. The average molecular weight is 857 g/mol. The largest absolute Gasteiger partial charge is 0.677 e. The molecule has 0 unspecified atom stereocenters. The summed E-state index contributed by atoms with van der Waals surface area (Å²) in [6, 6.07) is 28.6. The van der Waals surface area contributed by atoms with Crippen molar-refractivity contribution < 1.29 is 17.3 Å². The summed E-state index contributed by atoms with van der Waals surface area (Å²) < 4.78 is 64.1. The number of rotatable bonds is 10. The van der Waals surface area contributed by atoms with Crippen LogP contribution >= 0.6 is 0 Å². The number of aryl methyl sites for hydroxylation is 2. The van der Waals surface area contributed by atoms with Gasteiger partial charge < -0.3 is 8.96 Å². The molecule has 0 spiro atoms. The molecular formula is C54H54B2F4N4. The number of aromatic nitrogens is 2. The maximum atomic E-state index is 15.5. The minimum absolute atomic E-state index is 0.0898. The average Bonchev–Trinajstić information content (AvgIpc) is 4.08. The van der Waals surface area contributed by atoms with Crippen LogP contribution in [0.3, 0.4) is 0 Å². The van der Waals surface area contributed by atoms with Gasteiger partial charge in [0.05, 0.1) is 10.7 Å². The first-order chi connectivity index (χ1) is 30.5. The Hall–Kier alpha value is -5.89. The van der Waals surface area contributed by atoms with E-state index in [1.807, 2.05) is 13.8 Å². The van der Waals surface area contributed by atoms with Gasteiger partial charge in [-0.2, -0.15) is 0 Å². The van der Waals surface area contributed by atoms with Crippen molar-refractivity contribution in [3.8, 4) is 44.8 Å². The molecule has 64 heavy (non-hydrogen) atoms. The molecule has 0 radical (unpaired) electrons. The number of hydrogen-bond acceptors (Lipinski definition) is 2. The van der Waals surface area contributed by atoms with Gasteiger partial charge in [0.25, 0.3) is 0 Å². The van der Waals surface area contributed by atoms with E-state index in [1.54, 1.807) is 24.3 Å². The van der Waals surface area contributed by atoms with E-state index in [0.29, 0.717) is 70.3 Å². The molecule has 0 N–H and O–H groups in total. The highest BCUT2D eigenvalue weighted by molar-refractivity contribution is 6.42. The second-order valence-corrected chi connectivity index (χ2v) is 19.2. The van der Waals surface area contributed by atoms with E-state index in [9.17, 15) is 0 Å². The Bertz CT molecular complexity index is 2990. The Kier molecular flexibility index (Phi) is 10.8. The molecule has 2 aliphatic rings. The third-order valence-corrected chi connectivity index (χ3v) is 13.3. The number of allylic oxidation sites excluding steroid dienone is 2. The molecular weight excluding hydrogens is 802 g/mol. The van der Waals surface area contributed by atoms with Gasteiger partial charge in [0, 0.05) is 56.4 Å². The molecule has 0 atom stereocenters. The Balaban J connectivity index is 1.55. The molecule has 0 saturated carbocycles. The summed E-state index contributed by atoms with van der Waals surface area (Å²) in [6.07, 6.45) is 6.33. The van der Waals surface area contributed by atoms with Crippen LogP contribution in [0.1, 0.15) is 116 Å². The van der Waals surface area contributed by atoms with E-state index in [1.165, 1.54) is 11.1 Å². The summed E-state index contributed by atoms with van der Waals surface area (Å²) in [5, 5.41) is 4.45. The van der Waals surface area contributed by atoms with E-state index >= 15 is 17.3 Å². The summed E-state index contributed by atoms with van der Waals surface area (Å²) in [4.78, 5) is 10.5. The fourth-order valence-electron chi connectivity index (χ4n) is 9.88. The highest BCUT2D eigenvalue weighted by atomic mass is 19.2. The third kappa shape index (κ3) is 6.99. The van der Waals surface area contributed by atoms with E-state index in [4.69, 9.17) is 9.98 Å². The molecule has 10 heteroatoms. The lowest BCUT2D eigenvalue weighted by molar-refractivity contribution is 0.590. The van der Waals surface area contributed by atoms with Crippen molar-refractivity contribution in [1.82, 2.24) is 8.96 Å². The molecule has 0 fully saturated rings. The van der Waals surface area contributed by atoms with Crippen molar-refractivity contribution in [2.75, 3.05) is 0 Å². The summed E-state index contributed by atoms with van der Waals surface area (Å²) in [6.45, 7) is 21.0. The van der Waals surface area contributed by atoms with Crippen molar-refractivity contribution in [3.63, 3.8) is 0 Å². The van der Waals surface area contributed by atoms with Crippen LogP contribution in [-0.4, -0.2) is 23.8 Å². The molecule has 324 valence electrons. The van der Waals surface area contributed by atoms with E-state index in [-0.39, 0.29) is 10.8 Å². The Morgan fingerprint density at radius 1 is 0.453 bits per heavy atom.